The number of aromatic nitrogens is 2. The Morgan fingerprint density at radius 3 is 2.60 bits per heavy atom. The minimum absolute atomic E-state index is 0.0638. The van der Waals surface area contributed by atoms with E-state index in [2.05, 4.69) is 33.3 Å². The van der Waals surface area contributed by atoms with E-state index in [9.17, 15) is 4.79 Å². The molecule has 5 heteroatoms. The summed E-state index contributed by atoms with van der Waals surface area (Å²) in [5, 5.41) is 7.45. The fraction of sp³-hybridized carbons (Fsp3) is 0.733. The number of nitrogens with one attached hydrogen (secondary N) is 1. The molecule has 0 aliphatic heterocycles. The van der Waals surface area contributed by atoms with Crippen molar-refractivity contribution in [3.63, 3.8) is 0 Å². The zero-order valence-electron chi connectivity index (χ0n) is 13.0. The molecular weight excluding hydrogens is 318 g/mol. The van der Waals surface area contributed by atoms with E-state index in [0.717, 1.165) is 28.8 Å². The number of unbranched alkanes of at least 4 members (excludes halogenated alkanes) is 3. The Balaban J connectivity index is 2.39. The van der Waals surface area contributed by atoms with Gasteiger partial charge in [-0.1, -0.05) is 33.1 Å². The Labute approximate surface area is 130 Å². The molecule has 0 aliphatic rings. The fourth-order valence-corrected chi connectivity index (χ4v) is 2.42. The monoisotopic (exact) mass is 343 g/mol. The van der Waals surface area contributed by atoms with E-state index in [1.54, 1.807) is 0 Å². The zero-order valence-corrected chi connectivity index (χ0v) is 14.6. The second kappa shape index (κ2) is 8.45. The number of hydrogen-bond acceptors (Lipinski definition) is 2. The number of carbonyl (C=O) groups is 1. The highest BCUT2D eigenvalue weighted by Crippen LogP contribution is 2.20. The molecule has 1 unspecified atom stereocenters. The van der Waals surface area contributed by atoms with Gasteiger partial charge < -0.3 is 5.32 Å². The van der Waals surface area contributed by atoms with E-state index in [0.29, 0.717) is 6.54 Å². The highest BCUT2D eigenvalue weighted by molar-refractivity contribution is 9.10. The average molecular weight is 344 g/mol. The van der Waals surface area contributed by atoms with Gasteiger partial charge in [-0.25, -0.2) is 0 Å². The van der Waals surface area contributed by atoms with Crippen molar-refractivity contribution in [3.8, 4) is 0 Å². The number of amides is 1. The van der Waals surface area contributed by atoms with Crippen LogP contribution in [0.2, 0.25) is 0 Å². The van der Waals surface area contributed by atoms with E-state index in [1.165, 1.54) is 19.3 Å². The first-order valence-electron chi connectivity index (χ1n) is 7.44. The third kappa shape index (κ3) is 4.93. The molecule has 1 rings (SSSR count). The summed E-state index contributed by atoms with van der Waals surface area (Å²) in [4.78, 5) is 12.0. The zero-order chi connectivity index (χ0) is 15.1. The van der Waals surface area contributed by atoms with E-state index in [4.69, 9.17) is 0 Å². The van der Waals surface area contributed by atoms with Crippen LogP contribution < -0.4 is 5.32 Å². The lowest BCUT2D eigenvalue weighted by Gasteiger charge is -2.13. The van der Waals surface area contributed by atoms with Gasteiger partial charge in [0.05, 0.1) is 22.6 Å². The second-order valence-corrected chi connectivity index (χ2v) is 6.21. The minimum Gasteiger partial charge on any atom is -0.356 e. The summed E-state index contributed by atoms with van der Waals surface area (Å²) in [6, 6.07) is 0. The third-order valence-electron chi connectivity index (χ3n) is 3.52. The van der Waals surface area contributed by atoms with Gasteiger partial charge in [-0.2, -0.15) is 5.10 Å². The number of hydrogen-bond donors (Lipinski definition) is 1. The summed E-state index contributed by atoms with van der Waals surface area (Å²) in [6.45, 7) is 9.52. The molecule has 1 amide bonds. The molecule has 4 nitrogen and oxygen atoms in total. The Kier molecular flexibility index (Phi) is 7.27. The predicted octanol–water partition coefficient (Wildman–Crippen LogP) is 3.60. The van der Waals surface area contributed by atoms with E-state index in [1.807, 2.05) is 25.5 Å². The summed E-state index contributed by atoms with van der Waals surface area (Å²) < 4.78 is 2.94. The molecule has 0 bridgehead atoms. The maximum absolute atomic E-state index is 12.0. The number of halogens is 1. The van der Waals surface area contributed by atoms with Crippen molar-refractivity contribution in [2.24, 2.45) is 5.92 Å². The van der Waals surface area contributed by atoms with Crippen molar-refractivity contribution >= 4 is 21.8 Å². The molecule has 0 aliphatic carbocycles. The van der Waals surface area contributed by atoms with E-state index < -0.39 is 0 Å². The van der Waals surface area contributed by atoms with Gasteiger partial charge in [-0.15, -0.1) is 0 Å². The van der Waals surface area contributed by atoms with Crippen molar-refractivity contribution in [1.82, 2.24) is 15.1 Å². The highest BCUT2D eigenvalue weighted by atomic mass is 79.9. The van der Waals surface area contributed by atoms with Crippen LogP contribution in [0.1, 0.15) is 50.9 Å². The normalized spacial score (nSPS) is 12.4. The van der Waals surface area contributed by atoms with Gasteiger partial charge in [0.2, 0.25) is 5.91 Å². The van der Waals surface area contributed by atoms with E-state index in [-0.39, 0.29) is 11.8 Å². The van der Waals surface area contributed by atoms with Gasteiger partial charge in [0.15, 0.2) is 0 Å². The predicted molar refractivity (Wildman–Crippen MR) is 85.7 cm³/mol. The van der Waals surface area contributed by atoms with Crippen LogP contribution in [0, 0.1) is 19.8 Å². The Hall–Kier alpha value is -0.840. The average Bonchev–Trinajstić information content (AvgIpc) is 2.66. The summed E-state index contributed by atoms with van der Waals surface area (Å²) in [7, 11) is 0. The number of nitrogens with zero attached hydrogens (tertiary/aromatic N) is 2. The van der Waals surface area contributed by atoms with Crippen LogP contribution in [0.4, 0.5) is 0 Å². The summed E-state index contributed by atoms with van der Waals surface area (Å²) in [5.41, 5.74) is 2.04. The van der Waals surface area contributed by atoms with Crippen LogP contribution in [-0.4, -0.2) is 22.2 Å². The largest absolute Gasteiger partial charge is 0.356 e. The third-order valence-corrected chi connectivity index (χ3v) is 4.66. The molecule has 0 spiro atoms. The Morgan fingerprint density at radius 2 is 2.05 bits per heavy atom. The van der Waals surface area contributed by atoms with Crippen LogP contribution in [-0.2, 0) is 11.3 Å². The SMILES string of the molecule is CCCCCCNC(=O)C(C)Cn1nc(C)c(Br)c1C. The first kappa shape index (κ1) is 17.2. The van der Waals surface area contributed by atoms with Crippen molar-refractivity contribution in [3.05, 3.63) is 15.9 Å². The van der Waals surface area contributed by atoms with Gasteiger partial charge >= 0.3 is 0 Å². The van der Waals surface area contributed by atoms with Crippen LogP contribution in [0.3, 0.4) is 0 Å². The smallest absolute Gasteiger partial charge is 0.224 e. The topological polar surface area (TPSA) is 46.9 Å². The number of aryl methyl sites for hydroxylation is 1. The Bertz CT molecular complexity index is 443. The molecule has 1 N–H and O–H groups in total. The van der Waals surface area contributed by atoms with Crippen molar-refractivity contribution in [2.45, 2.75) is 59.9 Å². The summed E-state index contributed by atoms with van der Waals surface area (Å²) in [5.74, 6) is 0.0521. The van der Waals surface area contributed by atoms with Gasteiger partial charge in [-0.05, 0) is 36.2 Å². The summed E-state index contributed by atoms with van der Waals surface area (Å²) >= 11 is 3.51. The van der Waals surface area contributed by atoms with Crippen LogP contribution in [0.15, 0.2) is 4.47 Å². The standard InChI is InChI=1S/C15H26BrN3O/c1-5-6-7-8-9-17-15(20)11(2)10-19-13(4)14(16)12(3)18-19/h11H,5-10H2,1-4H3,(H,17,20). The van der Waals surface area contributed by atoms with Crippen molar-refractivity contribution < 1.29 is 4.79 Å². The molecule has 1 aromatic heterocycles. The molecule has 0 aromatic carbocycles. The van der Waals surface area contributed by atoms with E-state index >= 15 is 0 Å². The molecule has 0 saturated heterocycles. The highest BCUT2D eigenvalue weighted by Gasteiger charge is 2.16. The first-order chi connectivity index (χ1) is 9.47. The lowest BCUT2D eigenvalue weighted by Crippen LogP contribution is -2.32. The molecular formula is C15H26BrN3O. The molecule has 0 radical (unpaired) electrons. The second-order valence-electron chi connectivity index (χ2n) is 5.42. The number of carbonyl (C=O) groups excluding carboxylic acids is 1. The molecule has 0 saturated carbocycles. The quantitative estimate of drug-likeness (QED) is 0.733. The summed E-state index contributed by atoms with van der Waals surface area (Å²) in [6.07, 6.45) is 4.72. The molecule has 1 heterocycles. The van der Waals surface area contributed by atoms with Crippen LogP contribution in [0.25, 0.3) is 0 Å². The maximum atomic E-state index is 12.0. The first-order valence-corrected chi connectivity index (χ1v) is 8.23. The van der Waals surface area contributed by atoms with Crippen LogP contribution >= 0.6 is 15.9 Å². The minimum atomic E-state index is -0.0638. The van der Waals surface area contributed by atoms with Crippen molar-refractivity contribution in [2.75, 3.05) is 6.54 Å². The molecule has 1 atom stereocenters. The molecule has 0 fully saturated rings. The molecule has 114 valence electrons. The van der Waals surface area contributed by atoms with Gasteiger partial charge in [0.1, 0.15) is 0 Å². The fourth-order valence-electron chi connectivity index (χ4n) is 2.13. The van der Waals surface area contributed by atoms with Crippen molar-refractivity contribution in [1.29, 1.82) is 0 Å². The molecule has 20 heavy (non-hydrogen) atoms. The van der Waals surface area contributed by atoms with Gasteiger partial charge in [0, 0.05) is 12.2 Å². The number of rotatable bonds is 8. The Morgan fingerprint density at radius 1 is 1.35 bits per heavy atom. The maximum Gasteiger partial charge on any atom is 0.224 e. The molecule has 1 aromatic rings. The lowest BCUT2D eigenvalue weighted by molar-refractivity contribution is -0.124. The van der Waals surface area contributed by atoms with Gasteiger partial charge in [0.25, 0.3) is 0 Å². The van der Waals surface area contributed by atoms with Gasteiger partial charge in [-0.3, -0.25) is 9.48 Å². The van der Waals surface area contributed by atoms with Crippen LogP contribution in [0.5, 0.6) is 0 Å². The lowest BCUT2D eigenvalue weighted by atomic mass is 10.1.